The van der Waals surface area contributed by atoms with Gasteiger partial charge in [0.1, 0.15) is 5.75 Å². The van der Waals surface area contributed by atoms with Crippen LogP contribution in [0.25, 0.3) is 0 Å². The van der Waals surface area contributed by atoms with Gasteiger partial charge >= 0.3 is 0 Å². The first-order valence-corrected chi connectivity index (χ1v) is 7.29. The Morgan fingerprint density at radius 2 is 2.29 bits per heavy atom. The van der Waals surface area contributed by atoms with Crippen LogP contribution in [0.3, 0.4) is 0 Å². The van der Waals surface area contributed by atoms with Crippen molar-refractivity contribution in [1.82, 2.24) is 4.90 Å². The molecule has 0 saturated carbocycles. The van der Waals surface area contributed by atoms with Gasteiger partial charge < -0.3 is 4.74 Å². The van der Waals surface area contributed by atoms with Crippen LogP contribution < -0.4 is 4.74 Å². The van der Waals surface area contributed by atoms with Crippen LogP contribution in [0.5, 0.6) is 5.75 Å². The van der Waals surface area contributed by atoms with Gasteiger partial charge in [0.05, 0.1) is 6.61 Å². The zero-order valence-corrected chi connectivity index (χ0v) is 12.4. The fourth-order valence-corrected chi connectivity index (χ4v) is 2.96. The summed E-state index contributed by atoms with van der Waals surface area (Å²) in [6.45, 7) is 5.80. The number of rotatable bonds is 5. The van der Waals surface area contributed by atoms with Crippen molar-refractivity contribution in [1.29, 1.82) is 0 Å². The lowest BCUT2D eigenvalue weighted by atomic mass is 10.1. The number of hydrogen-bond acceptors (Lipinski definition) is 2. The molecule has 4 heteroatoms. The third kappa shape index (κ3) is 3.15. The van der Waals surface area contributed by atoms with E-state index in [1.54, 1.807) is 0 Å². The van der Waals surface area contributed by atoms with Crippen LogP contribution in [0.2, 0.25) is 0 Å². The van der Waals surface area contributed by atoms with Gasteiger partial charge in [0.15, 0.2) is 0 Å². The van der Waals surface area contributed by atoms with E-state index in [4.69, 9.17) is 16.3 Å². The Balaban J connectivity index is 2.20. The Morgan fingerprint density at radius 1 is 1.47 bits per heavy atom. The topological polar surface area (TPSA) is 12.5 Å². The average Bonchev–Trinajstić information content (AvgIpc) is 2.76. The van der Waals surface area contributed by atoms with Gasteiger partial charge in [-0.1, -0.05) is 22.9 Å². The second-order valence-electron chi connectivity index (χ2n) is 4.21. The van der Waals surface area contributed by atoms with E-state index in [1.807, 2.05) is 0 Å². The maximum absolute atomic E-state index is 5.81. The largest absolute Gasteiger partial charge is 0.493 e. The zero-order chi connectivity index (χ0) is 12.3. The quantitative estimate of drug-likeness (QED) is 0.771. The van der Waals surface area contributed by atoms with Crippen molar-refractivity contribution >= 4 is 27.5 Å². The fourth-order valence-electron chi connectivity index (χ4n) is 2.17. The molecular formula is C13H17BrClNO. The highest BCUT2D eigenvalue weighted by Crippen LogP contribution is 2.33. The Hall–Kier alpha value is -0.250. The van der Waals surface area contributed by atoms with E-state index >= 15 is 0 Å². The van der Waals surface area contributed by atoms with Crippen molar-refractivity contribution in [3.05, 3.63) is 27.7 Å². The summed E-state index contributed by atoms with van der Waals surface area (Å²) in [7, 11) is 0. The number of benzene rings is 1. The summed E-state index contributed by atoms with van der Waals surface area (Å²) in [5.74, 6) is 1.76. The molecule has 0 amide bonds. The monoisotopic (exact) mass is 317 g/mol. The maximum Gasteiger partial charge on any atom is 0.127 e. The Bertz CT molecular complexity index is 397. The number of alkyl halides is 1. The van der Waals surface area contributed by atoms with Gasteiger partial charge in [0, 0.05) is 35.4 Å². The number of fused-ring (bicyclic) bond motifs is 1. The number of ether oxygens (including phenoxy) is 1. The molecule has 2 nitrogen and oxygen atoms in total. The molecule has 0 bridgehead atoms. The summed E-state index contributed by atoms with van der Waals surface area (Å²) < 4.78 is 6.87. The lowest BCUT2D eigenvalue weighted by Gasteiger charge is -2.20. The molecule has 0 spiro atoms. The van der Waals surface area contributed by atoms with Gasteiger partial charge in [-0.25, -0.2) is 0 Å². The summed E-state index contributed by atoms with van der Waals surface area (Å²) in [4.78, 5) is 2.33. The van der Waals surface area contributed by atoms with Crippen molar-refractivity contribution in [2.24, 2.45) is 0 Å². The Labute approximate surface area is 116 Å². The van der Waals surface area contributed by atoms with Crippen LogP contribution in [0, 0.1) is 0 Å². The molecule has 0 unspecified atom stereocenters. The van der Waals surface area contributed by atoms with Crippen molar-refractivity contribution in [3.63, 3.8) is 0 Å². The highest BCUT2D eigenvalue weighted by Gasteiger charge is 2.18. The summed E-state index contributed by atoms with van der Waals surface area (Å²) >= 11 is 9.37. The molecule has 2 rings (SSSR count). The lowest BCUT2D eigenvalue weighted by Crippen LogP contribution is -2.25. The van der Waals surface area contributed by atoms with Crippen LogP contribution in [0.1, 0.15) is 18.1 Å². The Morgan fingerprint density at radius 3 is 3.00 bits per heavy atom. The van der Waals surface area contributed by atoms with Crippen molar-refractivity contribution in [2.45, 2.75) is 19.9 Å². The minimum Gasteiger partial charge on any atom is -0.493 e. The van der Waals surface area contributed by atoms with Gasteiger partial charge in [0.2, 0.25) is 0 Å². The first kappa shape index (κ1) is 13.2. The summed E-state index contributed by atoms with van der Waals surface area (Å²) in [6.07, 6.45) is 1.02. The molecule has 1 aromatic carbocycles. The third-order valence-electron chi connectivity index (χ3n) is 3.07. The fraction of sp³-hybridized carbons (Fsp3) is 0.538. The molecule has 0 fully saturated rings. The SMILES string of the molecule is CCN(CCCl)Cc1cc(Br)cc2c1OCC2. The molecule has 17 heavy (non-hydrogen) atoms. The van der Waals surface area contributed by atoms with E-state index in [0.29, 0.717) is 5.88 Å². The number of hydrogen-bond donors (Lipinski definition) is 0. The summed E-state index contributed by atoms with van der Waals surface area (Å²) in [5, 5.41) is 0. The molecule has 0 saturated heterocycles. The molecule has 1 aliphatic heterocycles. The van der Waals surface area contributed by atoms with Gasteiger partial charge in [-0.05, 0) is 24.2 Å². The molecule has 0 aliphatic carbocycles. The van der Waals surface area contributed by atoms with E-state index in [0.717, 1.165) is 42.9 Å². The predicted octanol–water partition coefficient (Wildman–Crippen LogP) is 3.44. The maximum atomic E-state index is 5.81. The molecule has 0 aromatic heterocycles. The number of nitrogens with zero attached hydrogens (tertiary/aromatic N) is 1. The smallest absolute Gasteiger partial charge is 0.127 e. The van der Waals surface area contributed by atoms with Crippen LogP contribution in [0.4, 0.5) is 0 Å². The molecule has 1 aliphatic rings. The molecule has 1 aromatic rings. The average molecular weight is 319 g/mol. The zero-order valence-electron chi connectivity index (χ0n) is 10.0. The van der Waals surface area contributed by atoms with Crippen LogP contribution in [-0.4, -0.2) is 30.5 Å². The highest BCUT2D eigenvalue weighted by molar-refractivity contribution is 9.10. The van der Waals surface area contributed by atoms with Crippen LogP contribution in [-0.2, 0) is 13.0 Å². The van der Waals surface area contributed by atoms with Gasteiger partial charge in [-0.2, -0.15) is 0 Å². The van der Waals surface area contributed by atoms with Gasteiger partial charge in [0.25, 0.3) is 0 Å². The molecule has 94 valence electrons. The van der Waals surface area contributed by atoms with Crippen molar-refractivity contribution < 1.29 is 4.74 Å². The molecule has 0 radical (unpaired) electrons. The van der Waals surface area contributed by atoms with E-state index < -0.39 is 0 Å². The van der Waals surface area contributed by atoms with Crippen molar-refractivity contribution in [3.8, 4) is 5.75 Å². The first-order valence-electron chi connectivity index (χ1n) is 5.97. The second kappa shape index (κ2) is 6.07. The van der Waals surface area contributed by atoms with E-state index in [9.17, 15) is 0 Å². The number of halogens is 2. The minimum atomic E-state index is 0.672. The normalized spacial score (nSPS) is 13.9. The highest BCUT2D eigenvalue weighted by atomic mass is 79.9. The Kier molecular flexibility index (Phi) is 4.71. The van der Waals surface area contributed by atoms with Gasteiger partial charge in [-0.15, -0.1) is 11.6 Å². The molecular weight excluding hydrogens is 302 g/mol. The van der Waals surface area contributed by atoms with E-state index in [2.05, 4.69) is 39.9 Å². The minimum absolute atomic E-state index is 0.672. The lowest BCUT2D eigenvalue weighted by molar-refractivity contribution is 0.287. The second-order valence-corrected chi connectivity index (χ2v) is 5.50. The standard InChI is InChI=1S/C13H17BrClNO/c1-2-16(5-4-15)9-11-8-12(14)7-10-3-6-17-13(10)11/h7-8H,2-6,9H2,1H3. The first-order chi connectivity index (χ1) is 8.24. The van der Waals surface area contributed by atoms with Crippen molar-refractivity contribution in [2.75, 3.05) is 25.6 Å². The molecule has 0 atom stereocenters. The van der Waals surface area contributed by atoms with Gasteiger partial charge in [-0.3, -0.25) is 4.90 Å². The third-order valence-corrected chi connectivity index (χ3v) is 3.69. The molecule has 1 heterocycles. The van der Waals surface area contributed by atoms with E-state index in [1.165, 1.54) is 11.1 Å². The van der Waals surface area contributed by atoms with Crippen LogP contribution >= 0.6 is 27.5 Å². The van der Waals surface area contributed by atoms with E-state index in [-0.39, 0.29) is 0 Å². The molecule has 0 N–H and O–H groups in total. The predicted molar refractivity (Wildman–Crippen MR) is 75.0 cm³/mol. The van der Waals surface area contributed by atoms with Crippen LogP contribution in [0.15, 0.2) is 16.6 Å². The summed E-state index contributed by atoms with van der Waals surface area (Å²) in [5.41, 5.74) is 2.58. The summed E-state index contributed by atoms with van der Waals surface area (Å²) in [6, 6.07) is 4.31.